The molecule has 0 unspecified atom stereocenters. The summed E-state index contributed by atoms with van der Waals surface area (Å²) in [6, 6.07) is 5.11. The number of hydrogen-bond acceptors (Lipinski definition) is 6. The van der Waals surface area contributed by atoms with E-state index < -0.39 is 5.97 Å². The fourth-order valence-corrected chi connectivity index (χ4v) is 2.66. The molecular formula is C15H19N3O2S. The molecule has 0 atom stereocenters. The standard InChI is InChI=1S/C15H19N3O2S/c1-4-20-14(19)11-7-10(16)5-6-12(11)17-15-18-13(8-21-15)9(2)3/h5-9H,4,16H2,1-3H3,(H,17,18). The number of nitrogens with zero attached hydrogens (tertiary/aromatic N) is 1. The van der Waals surface area contributed by atoms with Gasteiger partial charge in [0.2, 0.25) is 0 Å². The van der Waals surface area contributed by atoms with Gasteiger partial charge in [0.15, 0.2) is 5.13 Å². The zero-order chi connectivity index (χ0) is 15.4. The fourth-order valence-electron chi connectivity index (χ4n) is 1.77. The number of nitrogen functional groups attached to an aromatic ring is 1. The Morgan fingerprint density at radius 3 is 2.86 bits per heavy atom. The number of rotatable bonds is 5. The van der Waals surface area contributed by atoms with Crippen LogP contribution in [0.1, 0.15) is 42.7 Å². The van der Waals surface area contributed by atoms with Crippen molar-refractivity contribution < 1.29 is 9.53 Å². The largest absolute Gasteiger partial charge is 0.462 e. The molecule has 2 rings (SSSR count). The molecule has 0 bridgehead atoms. The van der Waals surface area contributed by atoms with Crippen LogP contribution in [-0.4, -0.2) is 17.6 Å². The number of carbonyl (C=O) groups excluding carboxylic acids is 1. The number of anilines is 3. The molecule has 0 aliphatic carbocycles. The van der Waals surface area contributed by atoms with E-state index in [1.54, 1.807) is 25.1 Å². The van der Waals surface area contributed by atoms with Crippen molar-refractivity contribution >= 4 is 33.8 Å². The second kappa shape index (κ2) is 6.58. The predicted molar refractivity (Wildman–Crippen MR) is 86.3 cm³/mol. The Bertz CT molecular complexity index is 638. The van der Waals surface area contributed by atoms with Crippen molar-refractivity contribution in [2.75, 3.05) is 17.7 Å². The molecular weight excluding hydrogens is 286 g/mol. The third-order valence-electron chi connectivity index (χ3n) is 2.89. The molecule has 0 saturated carbocycles. The van der Waals surface area contributed by atoms with E-state index in [0.717, 1.165) is 10.8 Å². The third-order valence-corrected chi connectivity index (χ3v) is 3.67. The summed E-state index contributed by atoms with van der Waals surface area (Å²) in [5.74, 6) is -0.0271. The zero-order valence-electron chi connectivity index (χ0n) is 12.3. The highest BCUT2D eigenvalue weighted by atomic mass is 32.1. The lowest BCUT2D eigenvalue weighted by Crippen LogP contribution is -2.08. The second-order valence-corrected chi connectivity index (χ2v) is 5.74. The lowest BCUT2D eigenvalue weighted by Gasteiger charge is -2.10. The molecule has 3 N–H and O–H groups in total. The molecule has 0 aliphatic rings. The number of hydrogen-bond donors (Lipinski definition) is 2. The second-order valence-electron chi connectivity index (χ2n) is 4.88. The van der Waals surface area contributed by atoms with Crippen LogP contribution in [0.25, 0.3) is 0 Å². The van der Waals surface area contributed by atoms with Gasteiger partial charge in [-0.25, -0.2) is 9.78 Å². The van der Waals surface area contributed by atoms with Crippen molar-refractivity contribution in [1.82, 2.24) is 4.98 Å². The van der Waals surface area contributed by atoms with Crippen LogP contribution in [0.5, 0.6) is 0 Å². The van der Waals surface area contributed by atoms with Gasteiger partial charge in [-0.05, 0) is 31.0 Å². The molecule has 5 nitrogen and oxygen atoms in total. The van der Waals surface area contributed by atoms with Crippen LogP contribution in [-0.2, 0) is 4.74 Å². The molecule has 0 fully saturated rings. The number of esters is 1. The Hall–Kier alpha value is -2.08. The minimum absolute atomic E-state index is 0.321. The summed E-state index contributed by atoms with van der Waals surface area (Å²) in [4.78, 5) is 16.5. The van der Waals surface area contributed by atoms with Crippen molar-refractivity contribution in [2.45, 2.75) is 26.7 Å². The van der Waals surface area contributed by atoms with Crippen molar-refractivity contribution in [2.24, 2.45) is 0 Å². The Balaban J connectivity index is 2.28. The summed E-state index contributed by atoms with van der Waals surface area (Å²) >= 11 is 1.51. The van der Waals surface area contributed by atoms with E-state index in [1.165, 1.54) is 11.3 Å². The van der Waals surface area contributed by atoms with Gasteiger partial charge in [-0.15, -0.1) is 11.3 Å². The van der Waals surface area contributed by atoms with Crippen LogP contribution in [0.3, 0.4) is 0 Å². The first-order valence-corrected chi connectivity index (χ1v) is 7.68. The number of aromatic nitrogens is 1. The van der Waals surface area contributed by atoms with Crippen LogP contribution in [0.2, 0.25) is 0 Å². The van der Waals surface area contributed by atoms with Crippen molar-refractivity contribution in [3.8, 4) is 0 Å². The SMILES string of the molecule is CCOC(=O)c1cc(N)ccc1Nc1nc(C(C)C)cs1. The molecule has 2 aromatic rings. The van der Waals surface area contributed by atoms with Gasteiger partial charge in [0.25, 0.3) is 0 Å². The van der Waals surface area contributed by atoms with Gasteiger partial charge < -0.3 is 15.8 Å². The Kier molecular flexibility index (Phi) is 4.80. The van der Waals surface area contributed by atoms with Crippen molar-refractivity contribution in [3.63, 3.8) is 0 Å². The van der Waals surface area contributed by atoms with Crippen molar-refractivity contribution in [1.29, 1.82) is 0 Å². The van der Waals surface area contributed by atoms with Gasteiger partial charge in [-0.1, -0.05) is 13.8 Å². The van der Waals surface area contributed by atoms with Crippen molar-refractivity contribution in [3.05, 3.63) is 34.8 Å². The maximum atomic E-state index is 12.0. The van der Waals surface area contributed by atoms with Crippen LogP contribution in [0.4, 0.5) is 16.5 Å². The third kappa shape index (κ3) is 3.72. The van der Waals surface area contributed by atoms with Gasteiger partial charge in [-0.2, -0.15) is 0 Å². The zero-order valence-corrected chi connectivity index (χ0v) is 13.2. The number of carbonyl (C=O) groups is 1. The Morgan fingerprint density at radius 1 is 1.48 bits per heavy atom. The van der Waals surface area contributed by atoms with E-state index in [-0.39, 0.29) is 0 Å². The van der Waals surface area contributed by atoms with E-state index in [1.807, 2.05) is 5.38 Å². The first kappa shape index (κ1) is 15.3. The number of thiazole rings is 1. The highest BCUT2D eigenvalue weighted by Crippen LogP contribution is 2.28. The molecule has 0 aliphatic heterocycles. The number of nitrogens with two attached hydrogens (primary N) is 1. The van der Waals surface area contributed by atoms with E-state index in [9.17, 15) is 4.79 Å². The first-order valence-electron chi connectivity index (χ1n) is 6.80. The highest BCUT2D eigenvalue weighted by Gasteiger charge is 2.14. The summed E-state index contributed by atoms with van der Waals surface area (Å²) in [6.07, 6.45) is 0. The normalized spacial score (nSPS) is 10.7. The average Bonchev–Trinajstić information content (AvgIpc) is 2.90. The number of ether oxygens (including phenoxy) is 1. The smallest absolute Gasteiger partial charge is 0.340 e. The Morgan fingerprint density at radius 2 is 2.24 bits per heavy atom. The first-order chi connectivity index (χ1) is 10.0. The Labute approximate surface area is 128 Å². The molecule has 0 spiro atoms. The summed E-state index contributed by atoms with van der Waals surface area (Å²) in [7, 11) is 0. The topological polar surface area (TPSA) is 77.2 Å². The molecule has 1 aromatic heterocycles. The number of nitrogens with one attached hydrogen (secondary N) is 1. The molecule has 21 heavy (non-hydrogen) atoms. The monoisotopic (exact) mass is 305 g/mol. The maximum absolute atomic E-state index is 12.0. The van der Waals surface area contributed by atoms with E-state index in [2.05, 4.69) is 24.1 Å². The lowest BCUT2D eigenvalue weighted by atomic mass is 10.1. The minimum atomic E-state index is -0.395. The van der Waals surface area contributed by atoms with Gasteiger partial charge >= 0.3 is 5.97 Å². The van der Waals surface area contributed by atoms with E-state index in [4.69, 9.17) is 10.5 Å². The fraction of sp³-hybridized carbons (Fsp3) is 0.333. The van der Waals surface area contributed by atoms with Crippen LogP contribution >= 0.6 is 11.3 Å². The molecule has 0 saturated heterocycles. The van der Waals surface area contributed by atoms with E-state index in [0.29, 0.717) is 29.5 Å². The molecule has 0 amide bonds. The maximum Gasteiger partial charge on any atom is 0.340 e. The lowest BCUT2D eigenvalue weighted by molar-refractivity contribution is 0.0527. The van der Waals surface area contributed by atoms with Gasteiger partial charge in [-0.3, -0.25) is 0 Å². The summed E-state index contributed by atoms with van der Waals surface area (Å²) in [6.45, 7) is 6.27. The van der Waals surface area contributed by atoms with Crippen LogP contribution in [0, 0.1) is 0 Å². The molecule has 6 heteroatoms. The number of benzene rings is 1. The molecule has 0 radical (unpaired) electrons. The predicted octanol–water partition coefficient (Wildman–Crippen LogP) is 3.77. The highest BCUT2D eigenvalue weighted by molar-refractivity contribution is 7.13. The molecule has 1 heterocycles. The van der Waals surface area contributed by atoms with Crippen LogP contribution < -0.4 is 11.1 Å². The summed E-state index contributed by atoms with van der Waals surface area (Å²) in [5, 5.41) is 5.92. The quantitative estimate of drug-likeness (QED) is 0.649. The molecule has 112 valence electrons. The average molecular weight is 305 g/mol. The van der Waals surface area contributed by atoms with Gasteiger partial charge in [0.1, 0.15) is 0 Å². The summed E-state index contributed by atoms with van der Waals surface area (Å²) < 4.78 is 5.05. The van der Waals surface area contributed by atoms with Crippen LogP contribution in [0.15, 0.2) is 23.6 Å². The van der Waals surface area contributed by atoms with Gasteiger partial charge in [0, 0.05) is 11.1 Å². The molecule has 1 aromatic carbocycles. The summed E-state index contributed by atoms with van der Waals surface area (Å²) in [5.41, 5.74) is 8.35. The minimum Gasteiger partial charge on any atom is -0.462 e. The van der Waals surface area contributed by atoms with E-state index >= 15 is 0 Å². The van der Waals surface area contributed by atoms with Gasteiger partial charge in [0.05, 0.1) is 23.6 Å².